The quantitative estimate of drug-likeness (QED) is 0.613. The predicted molar refractivity (Wildman–Crippen MR) is 110 cm³/mol. The van der Waals surface area contributed by atoms with Crippen molar-refractivity contribution in [2.75, 3.05) is 0 Å². The number of hydrogen-bond acceptors (Lipinski definition) is 5. The number of thiazole rings is 1. The van der Waals surface area contributed by atoms with Gasteiger partial charge in [0, 0.05) is 28.8 Å². The average molecular weight is 435 g/mol. The van der Waals surface area contributed by atoms with E-state index in [1.54, 1.807) is 36.7 Å². The summed E-state index contributed by atoms with van der Waals surface area (Å²) in [5.41, 5.74) is 1.40. The van der Waals surface area contributed by atoms with Gasteiger partial charge in [0.1, 0.15) is 5.69 Å². The number of aromatic nitrogens is 2. The van der Waals surface area contributed by atoms with Gasteiger partial charge in [0.25, 0.3) is 11.8 Å². The summed E-state index contributed by atoms with van der Waals surface area (Å²) in [5, 5.41) is 7.26. The molecule has 0 spiro atoms. The Bertz CT molecular complexity index is 1010. The molecule has 0 radical (unpaired) electrons. The lowest BCUT2D eigenvalue weighted by molar-refractivity contribution is 0.0938. The fraction of sp³-hybridized carbons (Fsp3) is 0.158. The van der Waals surface area contributed by atoms with E-state index in [4.69, 9.17) is 23.2 Å². The molecule has 0 aliphatic carbocycles. The highest BCUT2D eigenvalue weighted by atomic mass is 35.5. The maximum atomic E-state index is 12.2. The van der Waals surface area contributed by atoms with Gasteiger partial charge in [-0.3, -0.25) is 14.6 Å². The Kier molecular flexibility index (Phi) is 6.61. The molecule has 0 aliphatic rings. The van der Waals surface area contributed by atoms with Crippen molar-refractivity contribution in [3.8, 4) is 0 Å². The average Bonchev–Trinajstić information content (AvgIpc) is 3.10. The molecule has 0 aliphatic heterocycles. The number of rotatable bonds is 6. The van der Waals surface area contributed by atoms with Crippen LogP contribution in [0.15, 0.2) is 42.7 Å². The van der Waals surface area contributed by atoms with Crippen LogP contribution < -0.4 is 10.6 Å². The van der Waals surface area contributed by atoms with Crippen LogP contribution in [0.4, 0.5) is 0 Å². The third kappa shape index (κ3) is 5.28. The lowest BCUT2D eigenvalue weighted by Crippen LogP contribution is -2.24. The van der Waals surface area contributed by atoms with Crippen LogP contribution in [0.25, 0.3) is 0 Å². The molecule has 3 rings (SSSR count). The number of pyridine rings is 1. The second-order valence-electron chi connectivity index (χ2n) is 5.89. The summed E-state index contributed by atoms with van der Waals surface area (Å²) < 4.78 is 0. The molecule has 2 amide bonds. The van der Waals surface area contributed by atoms with E-state index in [0.29, 0.717) is 22.8 Å². The summed E-state index contributed by atoms with van der Waals surface area (Å²) in [5.74, 6) is -0.585. The molecule has 144 valence electrons. The Morgan fingerprint density at radius 1 is 1.00 bits per heavy atom. The molecule has 2 heterocycles. The first-order chi connectivity index (χ1) is 13.4. The summed E-state index contributed by atoms with van der Waals surface area (Å²) in [6.07, 6.45) is 3.29. The van der Waals surface area contributed by atoms with Crippen molar-refractivity contribution < 1.29 is 9.59 Å². The Morgan fingerprint density at radius 3 is 2.43 bits per heavy atom. The molecule has 2 N–H and O–H groups in total. The summed E-state index contributed by atoms with van der Waals surface area (Å²) in [7, 11) is 0. The minimum absolute atomic E-state index is 0.257. The van der Waals surface area contributed by atoms with Crippen LogP contribution in [-0.2, 0) is 13.1 Å². The van der Waals surface area contributed by atoms with Crippen molar-refractivity contribution in [3.63, 3.8) is 0 Å². The Hall–Kier alpha value is -2.48. The number of aryl methyl sites for hydroxylation is 1. The summed E-state index contributed by atoms with van der Waals surface area (Å²) in [6, 6.07) is 8.04. The van der Waals surface area contributed by atoms with E-state index >= 15 is 0 Å². The molecule has 1 aromatic carbocycles. The van der Waals surface area contributed by atoms with Crippen LogP contribution in [0.2, 0.25) is 10.0 Å². The van der Waals surface area contributed by atoms with Crippen molar-refractivity contribution in [3.05, 3.63) is 79.5 Å². The second kappa shape index (κ2) is 9.14. The lowest BCUT2D eigenvalue weighted by atomic mass is 10.2. The van der Waals surface area contributed by atoms with Crippen molar-refractivity contribution >= 4 is 46.4 Å². The maximum Gasteiger partial charge on any atom is 0.270 e. The molecule has 6 nitrogen and oxygen atoms in total. The van der Waals surface area contributed by atoms with Gasteiger partial charge in [-0.1, -0.05) is 29.3 Å². The number of carbonyl (C=O) groups is 2. The fourth-order valence-corrected chi connectivity index (χ4v) is 3.59. The van der Waals surface area contributed by atoms with Gasteiger partial charge in [0.15, 0.2) is 0 Å². The zero-order chi connectivity index (χ0) is 20.1. The Balaban J connectivity index is 1.53. The third-order valence-electron chi connectivity index (χ3n) is 3.78. The number of benzene rings is 1. The highest BCUT2D eigenvalue weighted by Crippen LogP contribution is 2.20. The number of amides is 2. The number of halogens is 2. The topological polar surface area (TPSA) is 84.0 Å². The van der Waals surface area contributed by atoms with Gasteiger partial charge in [0.05, 0.1) is 22.1 Å². The molecule has 0 atom stereocenters. The van der Waals surface area contributed by atoms with Gasteiger partial charge in [-0.2, -0.15) is 0 Å². The van der Waals surface area contributed by atoms with E-state index in [-0.39, 0.29) is 23.4 Å². The molecule has 0 unspecified atom stereocenters. The van der Waals surface area contributed by atoms with E-state index in [1.807, 2.05) is 6.92 Å². The SMILES string of the molecule is Cc1ncc(CNC(=O)c2ccc(CNC(=O)c3ccc(Cl)cc3Cl)cn2)s1. The third-order valence-corrected chi connectivity index (χ3v) is 5.24. The smallest absolute Gasteiger partial charge is 0.270 e. The van der Waals surface area contributed by atoms with Gasteiger partial charge in [0.2, 0.25) is 0 Å². The van der Waals surface area contributed by atoms with E-state index < -0.39 is 0 Å². The minimum atomic E-state index is -0.316. The van der Waals surface area contributed by atoms with Gasteiger partial charge in [-0.05, 0) is 36.8 Å². The van der Waals surface area contributed by atoms with Crippen LogP contribution >= 0.6 is 34.5 Å². The first-order valence-electron chi connectivity index (χ1n) is 8.30. The number of nitrogens with zero attached hydrogens (tertiary/aromatic N) is 2. The molecular weight excluding hydrogens is 419 g/mol. The Labute approximate surface area is 175 Å². The van der Waals surface area contributed by atoms with Crippen molar-refractivity contribution in [1.29, 1.82) is 0 Å². The van der Waals surface area contributed by atoms with Gasteiger partial charge >= 0.3 is 0 Å². The highest BCUT2D eigenvalue weighted by Gasteiger charge is 2.11. The van der Waals surface area contributed by atoms with Crippen LogP contribution in [0.3, 0.4) is 0 Å². The van der Waals surface area contributed by atoms with Crippen LogP contribution in [-0.4, -0.2) is 21.8 Å². The van der Waals surface area contributed by atoms with Gasteiger partial charge in [-0.15, -0.1) is 11.3 Å². The fourth-order valence-electron chi connectivity index (χ4n) is 2.36. The van der Waals surface area contributed by atoms with Crippen LogP contribution in [0.1, 0.15) is 36.3 Å². The van der Waals surface area contributed by atoms with E-state index in [2.05, 4.69) is 20.6 Å². The molecule has 0 fully saturated rings. The summed E-state index contributed by atoms with van der Waals surface area (Å²) in [6.45, 7) is 2.58. The lowest BCUT2D eigenvalue weighted by Gasteiger charge is -2.08. The maximum absolute atomic E-state index is 12.2. The first kappa shape index (κ1) is 20.3. The zero-order valence-electron chi connectivity index (χ0n) is 14.8. The predicted octanol–water partition coefficient (Wildman–Crippen LogP) is 4.01. The number of hydrogen-bond donors (Lipinski definition) is 2. The molecular formula is C19H16Cl2N4O2S. The van der Waals surface area contributed by atoms with Crippen molar-refractivity contribution in [2.45, 2.75) is 20.0 Å². The molecule has 0 saturated heterocycles. The summed E-state index contributed by atoms with van der Waals surface area (Å²) in [4.78, 5) is 33.7. The van der Waals surface area contributed by atoms with Crippen LogP contribution in [0, 0.1) is 6.92 Å². The highest BCUT2D eigenvalue weighted by molar-refractivity contribution is 7.11. The van der Waals surface area contributed by atoms with E-state index in [0.717, 1.165) is 15.4 Å². The van der Waals surface area contributed by atoms with Gasteiger partial charge in [-0.25, -0.2) is 4.98 Å². The summed E-state index contributed by atoms with van der Waals surface area (Å²) >= 11 is 13.4. The monoisotopic (exact) mass is 434 g/mol. The standard InChI is InChI=1S/C19H16Cl2N4O2S/c1-11-22-9-14(28-11)10-25-19(27)17-5-2-12(7-23-17)8-24-18(26)15-4-3-13(20)6-16(15)21/h2-7,9H,8,10H2,1H3,(H,24,26)(H,25,27). The number of nitrogens with one attached hydrogen (secondary N) is 2. The van der Waals surface area contributed by atoms with Gasteiger partial charge < -0.3 is 10.6 Å². The van der Waals surface area contributed by atoms with E-state index in [9.17, 15) is 9.59 Å². The first-order valence-corrected chi connectivity index (χ1v) is 9.87. The Morgan fingerprint density at radius 2 is 1.79 bits per heavy atom. The molecule has 2 aromatic heterocycles. The normalized spacial score (nSPS) is 10.5. The minimum Gasteiger partial charge on any atom is -0.348 e. The molecule has 0 bridgehead atoms. The molecule has 0 saturated carbocycles. The molecule has 28 heavy (non-hydrogen) atoms. The van der Waals surface area contributed by atoms with Crippen molar-refractivity contribution in [2.24, 2.45) is 0 Å². The molecule has 3 aromatic rings. The molecule has 9 heteroatoms. The zero-order valence-corrected chi connectivity index (χ0v) is 17.2. The van der Waals surface area contributed by atoms with Crippen LogP contribution in [0.5, 0.6) is 0 Å². The van der Waals surface area contributed by atoms with Crippen molar-refractivity contribution in [1.82, 2.24) is 20.6 Å². The van der Waals surface area contributed by atoms with E-state index in [1.165, 1.54) is 17.4 Å². The largest absolute Gasteiger partial charge is 0.348 e. The number of carbonyl (C=O) groups excluding carboxylic acids is 2. The second-order valence-corrected chi connectivity index (χ2v) is 8.05.